The minimum absolute atomic E-state index is 0.227. The smallest absolute Gasteiger partial charge is 0.0775 e. The van der Waals surface area contributed by atoms with Gasteiger partial charge in [-0.25, -0.2) is 0 Å². The topological polar surface area (TPSA) is 18.5 Å². The van der Waals surface area contributed by atoms with E-state index in [4.69, 9.17) is 9.47 Å². The summed E-state index contributed by atoms with van der Waals surface area (Å²) in [5.74, 6) is 0. The van der Waals surface area contributed by atoms with Crippen LogP contribution in [0.5, 0.6) is 0 Å². The Morgan fingerprint density at radius 3 is 2.12 bits per heavy atom. The average molecular weight is 338 g/mol. The molecule has 0 unspecified atom stereocenters. The molecule has 0 aromatic heterocycles. The number of methoxy groups -OCH3 is 1. The molecule has 0 aromatic carbocycles. The highest BCUT2D eigenvalue weighted by Crippen LogP contribution is 2.38. The highest BCUT2D eigenvalue weighted by Gasteiger charge is 2.37. The Kier molecular flexibility index (Phi) is 4.91. The van der Waals surface area contributed by atoms with E-state index in [9.17, 15) is 0 Å². The van der Waals surface area contributed by atoms with Crippen LogP contribution in [0.1, 0.15) is 51.4 Å². The summed E-state index contributed by atoms with van der Waals surface area (Å²) in [4.78, 5) is 0. The highest BCUT2D eigenvalue weighted by atomic mass is 127. The summed E-state index contributed by atoms with van der Waals surface area (Å²) in [7, 11) is 1.83. The van der Waals surface area contributed by atoms with Crippen LogP contribution in [0.3, 0.4) is 0 Å². The van der Waals surface area contributed by atoms with Crippen LogP contribution in [0.15, 0.2) is 0 Å². The molecule has 0 radical (unpaired) electrons. The van der Waals surface area contributed by atoms with E-state index in [0.717, 1.165) is 4.43 Å². The second-order valence-corrected chi connectivity index (χ2v) is 6.04. The maximum Gasteiger partial charge on any atom is 0.0775 e. The van der Waals surface area contributed by atoms with E-state index in [0.29, 0.717) is 12.2 Å². The lowest BCUT2D eigenvalue weighted by Crippen LogP contribution is -2.38. The SMILES string of the molecule is COC1CCC(OC2(CI)CCCC2)CC1. The molecule has 94 valence electrons. The molecule has 0 bridgehead atoms. The predicted octanol–water partition coefficient (Wildman–Crippen LogP) is 3.71. The van der Waals surface area contributed by atoms with Gasteiger partial charge < -0.3 is 9.47 Å². The molecular formula is C13H23IO2. The van der Waals surface area contributed by atoms with Crippen molar-refractivity contribution in [1.29, 1.82) is 0 Å². The van der Waals surface area contributed by atoms with Crippen LogP contribution in [0, 0.1) is 0 Å². The van der Waals surface area contributed by atoms with E-state index in [1.807, 2.05) is 7.11 Å². The van der Waals surface area contributed by atoms with Crippen molar-refractivity contribution < 1.29 is 9.47 Å². The van der Waals surface area contributed by atoms with Crippen molar-refractivity contribution in [2.24, 2.45) is 0 Å². The Hall–Kier alpha value is 0.650. The minimum atomic E-state index is 0.227. The van der Waals surface area contributed by atoms with Gasteiger partial charge in [-0.15, -0.1) is 0 Å². The first-order chi connectivity index (χ1) is 7.78. The van der Waals surface area contributed by atoms with E-state index in [-0.39, 0.29) is 5.60 Å². The van der Waals surface area contributed by atoms with Gasteiger partial charge >= 0.3 is 0 Å². The molecule has 0 heterocycles. The summed E-state index contributed by atoms with van der Waals surface area (Å²) in [5, 5.41) is 0. The Morgan fingerprint density at radius 1 is 1.06 bits per heavy atom. The largest absolute Gasteiger partial charge is 0.381 e. The fourth-order valence-electron chi connectivity index (χ4n) is 3.04. The summed E-state index contributed by atoms with van der Waals surface area (Å²) in [6, 6.07) is 0. The summed E-state index contributed by atoms with van der Waals surface area (Å²) >= 11 is 2.50. The molecule has 0 saturated heterocycles. The van der Waals surface area contributed by atoms with E-state index in [1.165, 1.54) is 51.4 Å². The third kappa shape index (κ3) is 3.10. The molecule has 2 aliphatic carbocycles. The fraction of sp³-hybridized carbons (Fsp3) is 1.00. The van der Waals surface area contributed by atoms with Crippen LogP contribution in [-0.4, -0.2) is 29.3 Å². The summed E-state index contributed by atoms with van der Waals surface area (Å²) in [5.41, 5.74) is 0.227. The third-order valence-electron chi connectivity index (χ3n) is 4.13. The summed E-state index contributed by atoms with van der Waals surface area (Å²) in [6.07, 6.45) is 11.0. The van der Waals surface area contributed by atoms with Crippen LogP contribution in [0.4, 0.5) is 0 Å². The third-order valence-corrected chi connectivity index (χ3v) is 5.52. The highest BCUT2D eigenvalue weighted by molar-refractivity contribution is 14.1. The predicted molar refractivity (Wildman–Crippen MR) is 74.2 cm³/mol. The Bertz CT molecular complexity index is 206. The van der Waals surface area contributed by atoms with Gasteiger partial charge in [0.25, 0.3) is 0 Å². The molecule has 2 saturated carbocycles. The Labute approximate surface area is 113 Å². The van der Waals surface area contributed by atoms with Gasteiger partial charge in [0.2, 0.25) is 0 Å². The molecular weight excluding hydrogens is 315 g/mol. The molecule has 0 aliphatic heterocycles. The number of ether oxygens (including phenoxy) is 2. The van der Waals surface area contributed by atoms with Crippen molar-refractivity contribution in [3.05, 3.63) is 0 Å². The molecule has 3 heteroatoms. The number of alkyl halides is 1. The van der Waals surface area contributed by atoms with Crippen LogP contribution in [-0.2, 0) is 9.47 Å². The van der Waals surface area contributed by atoms with Crippen LogP contribution >= 0.6 is 22.6 Å². The lowest BCUT2D eigenvalue weighted by molar-refractivity contribution is -0.0996. The van der Waals surface area contributed by atoms with Crippen molar-refractivity contribution in [2.75, 3.05) is 11.5 Å². The molecule has 2 rings (SSSR count). The van der Waals surface area contributed by atoms with Gasteiger partial charge in [-0.3, -0.25) is 0 Å². The van der Waals surface area contributed by atoms with Gasteiger partial charge in [0.15, 0.2) is 0 Å². The number of hydrogen-bond acceptors (Lipinski definition) is 2. The zero-order chi connectivity index (χ0) is 11.4. The Morgan fingerprint density at radius 2 is 1.62 bits per heavy atom. The molecule has 2 aliphatic rings. The zero-order valence-corrected chi connectivity index (χ0v) is 12.4. The maximum atomic E-state index is 6.42. The number of rotatable bonds is 4. The van der Waals surface area contributed by atoms with Gasteiger partial charge in [0, 0.05) is 11.5 Å². The molecule has 0 N–H and O–H groups in total. The van der Waals surface area contributed by atoms with Gasteiger partial charge in [0.1, 0.15) is 0 Å². The summed E-state index contributed by atoms with van der Waals surface area (Å²) in [6.45, 7) is 0. The molecule has 2 nitrogen and oxygen atoms in total. The second kappa shape index (κ2) is 6.01. The lowest BCUT2D eigenvalue weighted by atomic mass is 9.93. The average Bonchev–Trinajstić information content (AvgIpc) is 2.79. The van der Waals surface area contributed by atoms with Crippen molar-refractivity contribution in [1.82, 2.24) is 0 Å². The van der Waals surface area contributed by atoms with E-state index in [2.05, 4.69) is 22.6 Å². The van der Waals surface area contributed by atoms with Crippen LogP contribution in [0.2, 0.25) is 0 Å². The molecule has 0 spiro atoms. The normalized spacial score (nSPS) is 34.1. The monoisotopic (exact) mass is 338 g/mol. The quantitative estimate of drug-likeness (QED) is 0.575. The number of hydrogen-bond donors (Lipinski definition) is 0. The van der Waals surface area contributed by atoms with Crippen molar-refractivity contribution >= 4 is 22.6 Å². The van der Waals surface area contributed by atoms with Crippen molar-refractivity contribution in [3.63, 3.8) is 0 Å². The lowest BCUT2D eigenvalue weighted by Gasteiger charge is -2.36. The molecule has 0 atom stereocenters. The standard InChI is InChI=1S/C13H23IO2/c1-15-11-4-6-12(7-5-11)16-13(10-14)8-2-3-9-13/h11-12H,2-10H2,1H3. The van der Waals surface area contributed by atoms with Gasteiger partial charge in [0.05, 0.1) is 17.8 Å². The van der Waals surface area contributed by atoms with E-state index < -0.39 is 0 Å². The fourth-order valence-corrected chi connectivity index (χ4v) is 3.98. The minimum Gasteiger partial charge on any atom is -0.381 e. The van der Waals surface area contributed by atoms with Gasteiger partial charge in [-0.2, -0.15) is 0 Å². The first-order valence-corrected chi connectivity index (χ1v) is 8.07. The Balaban J connectivity index is 1.81. The molecule has 0 aromatic rings. The van der Waals surface area contributed by atoms with E-state index >= 15 is 0 Å². The first kappa shape index (κ1) is 13.1. The second-order valence-electron chi connectivity index (χ2n) is 5.28. The van der Waals surface area contributed by atoms with Gasteiger partial charge in [-0.05, 0) is 38.5 Å². The van der Waals surface area contributed by atoms with Gasteiger partial charge in [-0.1, -0.05) is 35.4 Å². The number of halogens is 1. The van der Waals surface area contributed by atoms with Crippen LogP contribution < -0.4 is 0 Å². The molecule has 2 fully saturated rings. The van der Waals surface area contributed by atoms with Crippen molar-refractivity contribution in [3.8, 4) is 0 Å². The van der Waals surface area contributed by atoms with E-state index in [1.54, 1.807) is 0 Å². The molecule has 16 heavy (non-hydrogen) atoms. The van der Waals surface area contributed by atoms with Crippen molar-refractivity contribution in [2.45, 2.75) is 69.2 Å². The summed E-state index contributed by atoms with van der Waals surface area (Å²) < 4.78 is 13.0. The first-order valence-electron chi connectivity index (χ1n) is 6.54. The van der Waals surface area contributed by atoms with Crippen LogP contribution in [0.25, 0.3) is 0 Å². The zero-order valence-electron chi connectivity index (χ0n) is 10.2. The maximum absolute atomic E-state index is 6.42. The molecule has 0 amide bonds.